The number of piperidine rings is 1. The maximum Gasteiger partial charge on any atom is 0.227 e. The number of hydrogen-bond acceptors (Lipinski definition) is 2. The maximum absolute atomic E-state index is 14.6. The molecule has 32 heavy (non-hydrogen) atoms. The van der Waals surface area contributed by atoms with Gasteiger partial charge in [-0.2, -0.15) is 0 Å². The molecule has 0 spiro atoms. The summed E-state index contributed by atoms with van der Waals surface area (Å²) >= 11 is 6.12. The molecule has 0 aliphatic carbocycles. The van der Waals surface area contributed by atoms with Gasteiger partial charge in [-0.1, -0.05) is 23.7 Å². The van der Waals surface area contributed by atoms with Crippen molar-refractivity contribution in [3.8, 4) is 11.1 Å². The van der Waals surface area contributed by atoms with Crippen LogP contribution >= 0.6 is 11.6 Å². The number of carbonyl (C=O) groups is 1. The highest BCUT2D eigenvalue weighted by Crippen LogP contribution is 2.41. The summed E-state index contributed by atoms with van der Waals surface area (Å²) in [6.45, 7) is 0.243. The van der Waals surface area contributed by atoms with Gasteiger partial charge >= 0.3 is 0 Å². The molecule has 1 heterocycles. The number of amides is 1. The number of carbonyl (C=O) groups excluding carboxylic acids is 1. The molecule has 3 nitrogen and oxygen atoms in total. The fourth-order valence-corrected chi connectivity index (χ4v) is 4.68. The Morgan fingerprint density at radius 3 is 2.31 bits per heavy atom. The van der Waals surface area contributed by atoms with E-state index in [1.165, 1.54) is 42.5 Å². The second-order valence-electron chi connectivity index (χ2n) is 8.02. The first-order valence-corrected chi connectivity index (χ1v) is 10.6. The van der Waals surface area contributed by atoms with Crippen molar-refractivity contribution in [3.63, 3.8) is 0 Å². The van der Waals surface area contributed by atoms with Crippen molar-refractivity contribution in [1.82, 2.24) is 0 Å². The van der Waals surface area contributed by atoms with Crippen LogP contribution in [0.3, 0.4) is 0 Å². The molecular formula is C25H21ClF3NO2. The molecule has 1 aliphatic heterocycles. The Labute approximate surface area is 189 Å². The second-order valence-corrected chi connectivity index (χ2v) is 8.43. The van der Waals surface area contributed by atoms with Crippen LogP contribution < -0.4 is 4.90 Å². The van der Waals surface area contributed by atoms with Gasteiger partial charge in [-0.05, 0) is 66.9 Å². The molecule has 1 amide bonds. The van der Waals surface area contributed by atoms with Gasteiger partial charge in [0.05, 0.1) is 5.02 Å². The Kier molecular flexibility index (Phi) is 6.26. The van der Waals surface area contributed by atoms with Gasteiger partial charge in [-0.25, -0.2) is 13.2 Å². The quantitative estimate of drug-likeness (QED) is 0.518. The third-order valence-corrected chi connectivity index (χ3v) is 6.45. The van der Waals surface area contributed by atoms with Gasteiger partial charge in [0, 0.05) is 41.8 Å². The van der Waals surface area contributed by atoms with Crippen molar-refractivity contribution >= 4 is 23.2 Å². The summed E-state index contributed by atoms with van der Waals surface area (Å²) in [4.78, 5) is 14.7. The second kappa shape index (κ2) is 8.96. The first kappa shape index (κ1) is 22.4. The lowest BCUT2D eigenvalue weighted by Gasteiger charge is -2.41. The molecule has 1 aliphatic rings. The predicted octanol–water partition coefficient (Wildman–Crippen LogP) is 5.87. The Hall–Kier alpha value is -2.83. The van der Waals surface area contributed by atoms with Gasteiger partial charge in [-0.3, -0.25) is 4.79 Å². The first-order valence-electron chi connectivity index (χ1n) is 10.3. The van der Waals surface area contributed by atoms with E-state index >= 15 is 0 Å². The van der Waals surface area contributed by atoms with Crippen molar-refractivity contribution in [3.05, 3.63) is 88.7 Å². The van der Waals surface area contributed by atoms with Crippen LogP contribution in [0.2, 0.25) is 5.02 Å². The molecule has 0 radical (unpaired) electrons. The summed E-state index contributed by atoms with van der Waals surface area (Å²) in [7, 11) is 0. The van der Waals surface area contributed by atoms with Gasteiger partial charge in [0.2, 0.25) is 5.91 Å². The average molecular weight is 460 g/mol. The highest BCUT2D eigenvalue weighted by atomic mass is 35.5. The maximum atomic E-state index is 14.6. The standard InChI is InChI=1S/C25H21ClF3NO2/c26-22-13-18(28)5-7-20(22)21-14-19(6-8-23(21)29)30-11-9-25(10-12-31,15-24(30)32)16-1-3-17(27)4-2-16/h1-8,13-14,31H,9-12,15H2. The number of aliphatic hydroxyl groups excluding tert-OH is 1. The van der Waals surface area contributed by atoms with Gasteiger partial charge in [-0.15, -0.1) is 0 Å². The third-order valence-electron chi connectivity index (χ3n) is 6.13. The van der Waals surface area contributed by atoms with Crippen molar-refractivity contribution in [2.45, 2.75) is 24.7 Å². The van der Waals surface area contributed by atoms with Crippen LogP contribution in [0.25, 0.3) is 11.1 Å². The average Bonchev–Trinajstić information content (AvgIpc) is 2.75. The monoisotopic (exact) mass is 459 g/mol. The van der Waals surface area contributed by atoms with E-state index in [1.807, 2.05) is 0 Å². The van der Waals surface area contributed by atoms with E-state index in [9.17, 15) is 23.1 Å². The zero-order valence-corrected chi connectivity index (χ0v) is 17.9. The van der Waals surface area contributed by atoms with Crippen molar-refractivity contribution in [2.75, 3.05) is 18.1 Å². The van der Waals surface area contributed by atoms with Crippen LogP contribution in [-0.2, 0) is 10.2 Å². The van der Waals surface area contributed by atoms with Gasteiger partial charge in [0.15, 0.2) is 0 Å². The smallest absolute Gasteiger partial charge is 0.227 e. The number of halogens is 4. The summed E-state index contributed by atoms with van der Waals surface area (Å²) in [5.41, 5.74) is 1.21. The Bertz CT molecular complexity index is 1150. The van der Waals surface area contributed by atoms with Crippen LogP contribution in [0.1, 0.15) is 24.8 Å². The van der Waals surface area contributed by atoms with Crippen molar-refractivity contribution in [2.24, 2.45) is 0 Å². The molecule has 7 heteroatoms. The number of nitrogens with zero attached hydrogens (tertiary/aromatic N) is 1. The van der Waals surface area contributed by atoms with Crippen LogP contribution in [0, 0.1) is 17.5 Å². The van der Waals surface area contributed by atoms with E-state index < -0.39 is 17.0 Å². The van der Waals surface area contributed by atoms with E-state index in [0.29, 0.717) is 30.6 Å². The summed E-state index contributed by atoms with van der Waals surface area (Å²) < 4.78 is 41.4. The lowest BCUT2D eigenvalue weighted by molar-refractivity contribution is -0.121. The molecular weight excluding hydrogens is 439 g/mol. The van der Waals surface area contributed by atoms with Crippen LogP contribution in [0.4, 0.5) is 18.9 Å². The number of anilines is 1. The molecule has 4 rings (SSSR count). The van der Waals surface area contributed by atoms with Crippen LogP contribution in [-0.4, -0.2) is 24.2 Å². The van der Waals surface area contributed by atoms with E-state index in [-0.39, 0.29) is 35.3 Å². The lowest BCUT2D eigenvalue weighted by atomic mass is 9.70. The Morgan fingerprint density at radius 2 is 1.66 bits per heavy atom. The highest BCUT2D eigenvalue weighted by molar-refractivity contribution is 6.33. The van der Waals surface area contributed by atoms with E-state index in [0.717, 1.165) is 11.6 Å². The molecule has 3 aromatic carbocycles. The van der Waals surface area contributed by atoms with Gasteiger partial charge in [0.1, 0.15) is 17.5 Å². The summed E-state index contributed by atoms with van der Waals surface area (Å²) in [6.07, 6.45) is 1.05. The van der Waals surface area contributed by atoms with E-state index in [4.69, 9.17) is 11.6 Å². The first-order chi connectivity index (χ1) is 15.3. The van der Waals surface area contributed by atoms with Crippen LogP contribution in [0.5, 0.6) is 0 Å². The Morgan fingerprint density at radius 1 is 0.938 bits per heavy atom. The minimum absolute atomic E-state index is 0.0734. The molecule has 0 aromatic heterocycles. The highest BCUT2D eigenvalue weighted by Gasteiger charge is 2.40. The molecule has 1 unspecified atom stereocenters. The fraction of sp³-hybridized carbons (Fsp3) is 0.240. The van der Waals surface area contributed by atoms with Gasteiger partial charge < -0.3 is 10.0 Å². The fourth-order valence-electron chi connectivity index (χ4n) is 4.41. The lowest BCUT2D eigenvalue weighted by Crippen LogP contribution is -2.47. The number of rotatable bonds is 5. The third kappa shape index (κ3) is 4.25. The van der Waals surface area contributed by atoms with Crippen molar-refractivity contribution in [1.29, 1.82) is 0 Å². The zero-order valence-electron chi connectivity index (χ0n) is 17.1. The number of aliphatic hydroxyl groups is 1. The molecule has 1 saturated heterocycles. The Balaban J connectivity index is 1.65. The summed E-state index contributed by atoms with van der Waals surface area (Å²) in [6, 6.07) is 14.0. The zero-order chi connectivity index (χ0) is 22.9. The normalized spacial score (nSPS) is 18.8. The van der Waals surface area contributed by atoms with Crippen molar-refractivity contribution < 1.29 is 23.1 Å². The van der Waals surface area contributed by atoms with E-state index in [2.05, 4.69) is 0 Å². The summed E-state index contributed by atoms with van der Waals surface area (Å²) in [5, 5.41) is 9.70. The molecule has 1 atom stereocenters. The minimum Gasteiger partial charge on any atom is -0.396 e. The summed E-state index contributed by atoms with van der Waals surface area (Å²) in [5.74, 6) is -1.61. The molecule has 166 valence electrons. The predicted molar refractivity (Wildman–Crippen MR) is 118 cm³/mol. The largest absolute Gasteiger partial charge is 0.396 e. The molecule has 0 saturated carbocycles. The molecule has 3 aromatic rings. The molecule has 0 bridgehead atoms. The number of hydrogen-bond donors (Lipinski definition) is 1. The SMILES string of the molecule is O=C1CC(CCO)(c2ccc(F)cc2)CCN1c1ccc(F)c(-c2ccc(F)cc2Cl)c1. The minimum atomic E-state index is -0.598. The van der Waals surface area contributed by atoms with Gasteiger partial charge in [0.25, 0.3) is 0 Å². The number of benzene rings is 3. The topological polar surface area (TPSA) is 40.5 Å². The van der Waals surface area contributed by atoms with Crippen LogP contribution in [0.15, 0.2) is 60.7 Å². The van der Waals surface area contributed by atoms with E-state index in [1.54, 1.807) is 17.0 Å². The molecule has 1 fully saturated rings. The molecule has 1 N–H and O–H groups in total.